The van der Waals surface area contributed by atoms with E-state index in [9.17, 15) is 9.59 Å². The molecule has 0 aliphatic heterocycles. The maximum atomic E-state index is 12.3. The van der Waals surface area contributed by atoms with E-state index >= 15 is 0 Å². The fourth-order valence-corrected chi connectivity index (χ4v) is 2.39. The molecule has 0 aromatic heterocycles. The second-order valence-electron chi connectivity index (χ2n) is 4.75. The van der Waals surface area contributed by atoms with E-state index in [1.807, 2.05) is 32.0 Å². The van der Waals surface area contributed by atoms with E-state index in [4.69, 9.17) is 0 Å². The Kier molecular flexibility index (Phi) is 7.42. The number of methoxy groups -OCH3 is 1. The number of ether oxygens (including phenoxy) is 1. The van der Waals surface area contributed by atoms with E-state index in [1.54, 1.807) is 12.1 Å². The van der Waals surface area contributed by atoms with Crippen molar-refractivity contribution in [2.24, 2.45) is 5.92 Å². The molecule has 1 aromatic rings. The lowest BCUT2D eigenvalue weighted by Crippen LogP contribution is -2.38. The minimum atomic E-state index is -0.424. The maximum absolute atomic E-state index is 12.3. The lowest BCUT2D eigenvalue weighted by molar-refractivity contribution is -0.134. The molecule has 4 nitrogen and oxygen atoms in total. The molecule has 1 aromatic carbocycles. The number of esters is 1. The van der Waals surface area contributed by atoms with Gasteiger partial charge in [-0.15, -0.1) is 0 Å². The highest BCUT2D eigenvalue weighted by Crippen LogP contribution is 2.14. The summed E-state index contributed by atoms with van der Waals surface area (Å²) in [6.45, 7) is 4.07. The number of hydrogen-bond donors (Lipinski definition) is 1. The van der Waals surface area contributed by atoms with Crippen LogP contribution in [0.15, 0.2) is 36.4 Å². The van der Waals surface area contributed by atoms with Crippen LogP contribution in [0, 0.1) is 9.49 Å². The van der Waals surface area contributed by atoms with Crippen LogP contribution in [0.4, 0.5) is 0 Å². The fourth-order valence-electron chi connectivity index (χ4n) is 1.76. The number of benzene rings is 1. The van der Waals surface area contributed by atoms with Crippen molar-refractivity contribution in [3.63, 3.8) is 0 Å². The van der Waals surface area contributed by atoms with Crippen LogP contribution in [0.2, 0.25) is 0 Å². The van der Waals surface area contributed by atoms with E-state index in [0.717, 1.165) is 9.99 Å². The summed E-state index contributed by atoms with van der Waals surface area (Å²) in [6, 6.07) is 7.19. The Bertz CT molecular complexity index is 528. The third kappa shape index (κ3) is 5.49. The summed E-state index contributed by atoms with van der Waals surface area (Å²) in [5.41, 5.74) is 0.637. The molecule has 0 saturated carbocycles. The number of amides is 1. The molecule has 0 heterocycles. The molecule has 0 fully saturated rings. The minimum Gasteiger partial charge on any atom is -0.466 e. The predicted molar refractivity (Wildman–Crippen MR) is 91.0 cm³/mol. The molecule has 1 N–H and O–H groups in total. The fraction of sp³-hybridized carbons (Fsp3) is 0.375. The van der Waals surface area contributed by atoms with Crippen LogP contribution in [0.1, 0.15) is 30.6 Å². The Hall–Kier alpha value is -1.37. The monoisotopic (exact) mass is 401 g/mol. The van der Waals surface area contributed by atoms with Gasteiger partial charge in [-0.25, -0.2) is 4.79 Å². The number of halogens is 1. The highest BCUT2D eigenvalue weighted by atomic mass is 127. The van der Waals surface area contributed by atoms with E-state index in [2.05, 4.69) is 32.6 Å². The lowest BCUT2D eigenvalue weighted by Gasteiger charge is -2.21. The van der Waals surface area contributed by atoms with Crippen molar-refractivity contribution < 1.29 is 14.3 Å². The topological polar surface area (TPSA) is 55.4 Å². The first kappa shape index (κ1) is 17.7. The number of nitrogens with one attached hydrogen (secondary N) is 1. The molecule has 0 aliphatic rings. The lowest BCUT2D eigenvalue weighted by atomic mass is 9.98. The first-order chi connectivity index (χ1) is 9.99. The first-order valence-corrected chi connectivity index (χ1v) is 7.89. The molecule has 0 saturated heterocycles. The van der Waals surface area contributed by atoms with Crippen molar-refractivity contribution in [1.82, 2.24) is 5.32 Å². The summed E-state index contributed by atoms with van der Waals surface area (Å²) in [5, 5.41) is 2.97. The highest BCUT2D eigenvalue weighted by molar-refractivity contribution is 14.1. The zero-order valence-electron chi connectivity index (χ0n) is 12.4. The SMILES string of the molecule is CC[C@H](C)[C@@H](/C=C/C(=O)OC)NC(=O)c1ccccc1I. The van der Waals surface area contributed by atoms with Gasteiger partial charge in [0.1, 0.15) is 0 Å². The molecule has 1 rings (SSSR count). The van der Waals surface area contributed by atoms with Crippen molar-refractivity contribution >= 4 is 34.5 Å². The molecule has 114 valence electrons. The number of carbonyl (C=O) groups is 2. The van der Waals surface area contributed by atoms with E-state index in [0.29, 0.717) is 5.56 Å². The van der Waals surface area contributed by atoms with E-state index < -0.39 is 5.97 Å². The summed E-state index contributed by atoms with van der Waals surface area (Å²) >= 11 is 2.13. The van der Waals surface area contributed by atoms with Gasteiger partial charge in [-0.3, -0.25) is 4.79 Å². The van der Waals surface area contributed by atoms with Gasteiger partial charge in [-0.1, -0.05) is 38.5 Å². The number of carbonyl (C=O) groups excluding carboxylic acids is 2. The maximum Gasteiger partial charge on any atom is 0.330 e. The van der Waals surface area contributed by atoms with Crippen molar-refractivity contribution in [3.8, 4) is 0 Å². The second kappa shape index (κ2) is 8.81. The smallest absolute Gasteiger partial charge is 0.330 e. The molecule has 0 aliphatic carbocycles. The summed E-state index contributed by atoms with van der Waals surface area (Å²) in [5.74, 6) is -0.345. The van der Waals surface area contributed by atoms with Gasteiger partial charge in [-0.2, -0.15) is 0 Å². The van der Waals surface area contributed by atoms with Gasteiger partial charge in [-0.05, 0) is 40.6 Å². The van der Waals surface area contributed by atoms with Crippen molar-refractivity contribution in [2.45, 2.75) is 26.3 Å². The van der Waals surface area contributed by atoms with Crippen molar-refractivity contribution in [1.29, 1.82) is 0 Å². The Morgan fingerprint density at radius 1 is 1.38 bits per heavy atom. The van der Waals surface area contributed by atoms with Crippen LogP contribution in [0.25, 0.3) is 0 Å². The molecular weight excluding hydrogens is 381 g/mol. The molecular formula is C16H20INO3. The van der Waals surface area contributed by atoms with E-state index in [1.165, 1.54) is 13.2 Å². The molecule has 5 heteroatoms. The average Bonchev–Trinajstić information content (AvgIpc) is 2.50. The summed E-state index contributed by atoms with van der Waals surface area (Å²) in [6.07, 6.45) is 3.93. The summed E-state index contributed by atoms with van der Waals surface area (Å²) in [7, 11) is 1.33. The Morgan fingerprint density at radius 2 is 2.05 bits per heavy atom. The third-order valence-electron chi connectivity index (χ3n) is 3.31. The van der Waals surface area contributed by atoms with Crippen LogP contribution >= 0.6 is 22.6 Å². The third-order valence-corrected chi connectivity index (χ3v) is 4.25. The average molecular weight is 401 g/mol. The zero-order valence-corrected chi connectivity index (χ0v) is 14.6. The van der Waals surface area contributed by atoms with Gasteiger partial charge in [0.2, 0.25) is 0 Å². The Morgan fingerprint density at radius 3 is 2.62 bits per heavy atom. The number of hydrogen-bond acceptors (Lipinski definition) is 3. The molecule has 0 unspecified atom stereocenters. The van der Waals surface area contributed by atoms with Gasteiger partial charge in [0.15, 0.2) is 0 Å². The largest absolute Gasteiger partial charge is 0.466 e. The van der Waals surface area contributed by atoms with Gasteiger partial charge in [0, 0.05) is 9.65 Å². The number of rotatable bonds is 6. The zero-order chi connectivity index (χ0) is 15.8. The molecule has 0 radical (unpaired) electrons. The standard InChI is InChI=1S/C16H20INO3/c1-4-11(2)14(9-10-15(19)21-3)18-16(20)12-7-5-6-8-13(12)17/h5-11,14H,4H2,1-3H3,(H,18,20)/b10-9+/t11-,14+/m0/s1. The van der Waals surface area contributed by atoms with Crippen LogP contribution in [-0.2, 0) is 9.53 Å². The van der Waals surface area contributed by atoms with Crippen molar-refractivity contribution in [2.75, 3.05) is 7.11 Å². The predicted octanol–water partition coefficient (Wildman–Crippen LogP) is 3.16. The Labute approximate surface area is 139 Å². The summed E-state index contributed by atoms with van der Waals surface area (Å²) in [4.78, 5) is 23.6. The molecule has 2 atom stereocenters. The highest BCUT2D eigenvalue weighted by Gasteiger charge is 2.18. The van der Waals surface area contributed by atoms with Crippen LogP contribution in [-0.4, -0.2) is 25.0 Å². The van der Waals surface area contributed by atoms with Crippen LogP contribution in [0.3, 0.4) is 0 Å². The van der Waals surface area contributed by atoms with Crippen LogP contribution in [0.5, 0.6) is 0 Å². The van der Waals surface area contributed by atoms with Crippen molar-refractivity contribution in [3.05, 3.63) is 45.6 Å². The second-order valence-corrected chi connectivity index (χ2v) is 5.91. The normalized spacial score (nSPS) is 13.7. The van der Waals surface area contributed by atoms with Crippen LogP contribution < -0.4 is 5.32 Å². The minimum absolute atomic E-state index is 0.139. The molecule has 21 heavy (non-hydrogen) atoms. The molecule has 0 bridgehead atoms. The Balaban J connectivity index is 2.86. The van der Waals surface area contributed by atoms with Gasteiger partial charge >= 0.3 is 5.97 Å². The molecule has 0 spiro atoms. The first-order valence-electron chi connectivity index (χ1n) is 6.81. The summed E-state index contributed by atoms with van der Waals surface area (Å²) < 4.78 is 5.48. The molecule has 1 amide bonds. The van der Waals surface area contributed by atoms with Gasteiger partial charge in [0.25, 0.3) is 5.91 Å². The quantitative estimate of drug-likeness (QED) is 0.453. The van der Waals surface area contributed by atoms with Gasteiger partial charge in [0.05, 0.1) is 18.7 Å². The van der Waals surface area contributed by atoms with E-state index in [-0.39, 0.29) is 17.9 Å². The van der Waals surface area contributed by atoms with Gasteiger partial charge < -0.3 is 10.1 Å².